The molecule has 0 bridgehead atoms. The highest BCUT2D eigenvalue weighted by Crippen LogP contribution is 2.27. The first-order chi connectivity index (χ1) is 17.6. The molecule has 2 aliphatic heterocycles. The van der Waals surface area contributed by atoms with Crippen molar-refractivity contribution in [3.05, 3.63) is 41.1 Å². The summed E-state index contributed by atoms with van der Waals surface area (Å²) in [6.07, 6.45) is 5.48. The van der Waals surface area contributed by atoms with E-state index in [1.165, 1.54) is 5.56 Å². The number of aryl methyl sites for hydroxylation is 1. The molecule has 0 saturated carbocycles. The lowest BCUT2D eigenvalue weighted by molar-refractivity contribution is 0.100. The summed E-state index contributed by atoms with van der Waals surface area (Å²) < 4.78 is 0. The van der Waals surface area contributed by atoms with Crippen molar-refractivity contribution in [3.63, 3.8) is 0 Å². The summed E-state index contributed by atoms with van der Waals surface area (Å²) in [7, 11) is 0. The number of hydrogen-bond acceptors (Lipinski definition) is 9. The van der Waals surface area contributed by atoms with Gasteiger partial charge in [-0.3, -0.25) is 4.79 Å². The van der Waals surface area contributed by atoms with Gasteiger partial charge < -0.3 is 31.6 Å². The minimum absolute atomic E-state index is 0.105. The Labute approximate surface area is 212 Å². The highest BCUT2D eigenvalue weighted by atomic mass is 16.1. The fourth-order valence-electron chi connectivity index (χ4n) is 4.84. The second kappa shape index (κ2) is 12.4. The van der Waals surface area contributed by atoms with Crippen LogP contribution >= 0.6 is 0 Å². The number of rotatable bonds is 10. The van der Waals surface area contributed by atoms with Gasteiger partial charge in [-0.15, -0.1) is 0 Å². The summed E-state index contributed by atoms with van der Waals surface area (Å²) in [4.78, 5) is 25.9. The molecule has 1 aromatic carbocycles. The predicted molar refractivity (Wildman–Crippen MR) is 141 cm³/mol. The fraction of sp³-hybridized carbons (Fsp3) is 0.500. The van der Waals surface area contributed by atoms with Gasteiger partial charge in [0.25, 0.3) is 5.91 Å². The minimum Gasteiger partial charge on any atom is -0.365 e. The molecule has 36 heavy (non-hydrogen) atoms. The van der Waals surface area contributed by atoms with E-state index in [0.717, 1.165) is 83.4 Å². The Balaban J connectivity index is 1.45. The quantitative estimate of drug-likeness (QED) is 0.372. The maximum Gasteiger partial charge on any atom is 0.254 e. The normalized spacial score (nSPS) is 16.9. The topological polar surface area (TPSA) is 147 Å². The fourth-order valence-corrected chi connectivity index (χ4v) is 4.84. The zero-order chi connectivity index (χ0) is 25.3. The molecule has 1 aromatic heterocycles. The van der Waals surface area contributed by atoms with Gasteiger partial charge in [-0.2, -0.15) is 10.2 Å². The zero-order valence-electron chi connectivity index (χ0n) is 20.7. The molecule has 190 valence electrons. The average molecular weight is 490 g/mol. The van der Waals surface area contributed by atoms with Crippen molar-refractivity contribution >= 4 is 29.6 Å². The smallest absolute Gasteiger partial charge is 0.254 e. The maximum absolute atomic E-state index is 12.2. The van der Waals surface area contributed by atoms with Crippen molar-refractivity contribution < 1.29 is 4.79 Å². The number of nitriles is 1. The molecule has 0 radical (unpaired) electrons. The molecule has 5 N–H and O–H groups in total. The average Bonchev–Trinajstić information content (AvgIpc) is 2.90. The van der Waals surface area contributed by atoms with Gasteiger partial charge in [-0.05, 0) is 55.8 Å². The Hall–Kier alpha value is -3.55. The van der Waals surface area contributed by atoms with Crippen LogP contribution < -0.4 is 21.3 Å². The lowest BCUT2D eigenvalue weighted by Crippen LogP contribution is -2.43. The first-order valence-electron chi connectivity index (χ1n) is 12.7. The second-order valence-corrected chi connectivity index (χ2v) is 9.45. The molecule has 2 saturated heterocycles. The third kappa shape index (κ3) is 6.56. The number of aromatic nitrogens is 2. The lowest BCUT2D eigenvalue weighted by Gasteiger charge is -2.31. The van der Waals surface area contributed by atoms with E-state index in [9.17, 15) is 4.79 Å². The molecule has 0 aliphatic carbocycles. The number of primary amides is 1. The molecule has 0 atom stereocenters. The maximum atomic E-state index is 12.2. The third-order valence-corrected chi connectivity index (χ3v) is 6.95. The molecule has 4 rings (SSSR count). The van der Waals surface area contributed by atoms with Crippen LogP contribution in [0.3, 0.4) is 0 Å². The van der Waals surface area contributed by atoms with Gasteiger partial charge in [-0.1, -0.05) is 12.1 Å². The van der Waals surface area contributed by atoms with Crippen molar-refractivity contribution in [2.75, 3.05) is 56.0 Å². The van der Waals surface area contributed by atoms with Crippen LogP contribution in [0.15, 0.2) is 24.3 Å². The molecular weight excluding hydrogens is 454 g/mol. The summed E-state index contributed by atoms with van der Waals surface area (Å²) in [6.45, 7) is 6.91. The summed E-state index contributed by atoms with van der Waals surface area (Å²) >= 11 is 0. The van der Waals surface area contributed by atoms with Crippen LogP contribution in [0.25, 0.3) is 0 Å². The number of piperidine rings is 1. The van der Waals surface area contributed by atoms with Gasteiger partial charge in [0.1, 0.15) is 17.1 Å². The van der Waals surface area contributed by atoms with Crippen molar-refractivity contribution in [2.24, 2.45) is 11.7 Å². The van der Waals surface area contributed by atoms with Crippen molar-refractivity contribution in [2.45, 2.75) is 32.1 Å². The van der Waals surface area contributed by atoms with Gasteiger partial charge in [0.05, 0.1) is 6.07 Å². The van der Waals surface area contributed by atoms with Gasteiger partial charge in [-0.25, -0.2) is 4.98 Å². The number of amides is 1. The Kier molecular flexibility index (Phi) is 8.81. The number of carbonyl (C=O) groups is 1. The highest BCUT2D eigenvalue weighted by Gasteiger charge is 2.24. The first kappa shape index (κ1) is 25.5. The van der Waals surface area contributed by atoms with Crippen molar-refractivity contribution in [1.82, 2.24) is 20.2 Å². The summed E-state index contributed by atoms with van der Waals surface area (Å²) in [5, 5.41) is 23.4. The number of hydrogen-bond donors (Lipinski definition) is 4. The van der Waals surface area contributed by atoms with E-state index >= 15 is 0 Å². The van der Waals surface area contributed by atoms with Gasteiger partial charge >= 0.3 is 0 Å². The van der Waals surface area contributed by atoms with E-state index in [1.54, 1.807) is 0 Å². The lowest BCUT2D eigenvalue weighted by atomic mass is 9.94. The van der Waals surface area contributed by atoms with E-state index in [2.05, 4.69) is 43.7 Å². The van der Waals surface area contributed by atoms with Crippen LogP contribution in [-0.4, -0.2) is 72.8 Å². The minimum atomic E-state index is -0.681. The molecule has 10 nitrogen and oxygen atoms in total. The predicted octanol–water partition coefficient (Wildman–Crippen LogP) is 2.28. The van der Waals surface area contributed by atoms with Gasteiger partial charge in [0, 0.05) is 57.6 Å². The Bertz CT molecular complexity index is 1080. The van der Waals surface area contributed by atoms with E-state index in [0.29, 0.717) is 24.1 Å². The molecule has 1 amide bonds. The first-order valence-corrected chi connectivity index (χ1v) is 12.7. The van der Waals surface area contributed by atoms with E-state index in [1.807, 2.05) is 17.0 Å². The Morgan fingerprint density at radius 2 is 1.92 bits per heavy atom. The standard InChI is InChI=1S/C26H35N9O/c27-10-7-20-8-14-35(15-9-20)26-32-22(18-28)23(24(29)36)25(33-26)31-21-5-3-19(4-6-21)2-1-13-34-16-11-30-12-17-34/h3-6,18,20,28,30H,1-2,7-9,11-17H2,(H2,29,36)(H,31,32,33). The third-order valence-electron chi connectivity index (χ3n) is 6.95. The molecule has 2 aliphatic rings. The van der Waals surface area contributed by atoms with Crippen molar-refractivity contribution in [3.8, 4) is 6.07 Å². The van der Waals surface area contributed by atoms with Crippen LogP contribution in [0.5, 0.6) is 0 Å². The van der Waals surface area contributed by atoms with Gasteiger partial charge in [0.15, 0.2) is 0 Å². The summed E-state index contributed by atoms with van der Waals surface area (Å²) in [5.41, 5.74) is 8.00. The molecule has 2 aromatic rings. The highest BCUT2D eigenvalue weighted by molar-refractivity contribution is 6.04. The molecular formula is C26H35N9O. The Morgan fingerprint density at radius 3 is 2.56 bits per heavy atom. The van der Waals surface area contributed by atoms with Crippen LogP contribution in [0.1, 0.15) is 47.3 Å². The van der Waals surface area contributed by atoms with Crippen molar-refractivity contribution in [1.29, 1.82) is 10.7 Å². The summed E-state index contributed by atoms with van der Waals surface area (Å²) in [5.74, 6) is 0.462. The number of carbonyl (C=O) groups excluding carboxylic acids is 1. The summed E-state index contributed by atoms with van der Waals surface area (Å²) in [6, 6.07) is 10.4. The largest absolute Gasteiger partial charge is 0.365 e. The van der Waals surface area contributed by atoms with Crippen LogP contribution in [0, 0.1) is 22.7 Å². The van der Waals surface area contributed by atoms with Crippen LogP contribution in [0.4, 0.5) is 17.5 Å². The monoisotopic (exact) mass is 489 g/mol. The van der Waals surface area contributed by atoms with Crippen LogP contribution in [0.2, 0.25) is 0 Å². The molecule has 2 fully saturated rings. The number of nitrogens with one attached hydrogen (secondary N) is 3. The van der Waals surface area contributed by atoms with E-state index in [-0.39, 0.29) is 11.3 Å². The van der Waals surface area contributed by atoms with Crippen LogP contribution in [-0.2, 0) is 6.42 Å². The number of anilines is 3. The molecule has 0 spiro atoms. The van der Waals surface area contributed by atoms with Gasteiger partial charge in [0.2, 0.25) is 5.95 Å². The molecule has 10 heteroatoms. The second-order valence-electron chi connectivity index (χ2n) is 9.45. The molecule has 0 unspecified atom stereocenters. The number of nitrogens with zero attached hydrogens (tertiary/aromatic N) is 5. The van der Waals surface area contributed by atoms with E-state index in [4.69, 9.17) is 16.4 Å². The number of piperazine rings is 1. The Morgan fingerprint density at radius 1 is 1.19 bits per heavy atom. The molecule has 3 heterocycles. The number of nitrogens with two attached hydrogens (primary N) is 1. The zero-order valence-corrected chi connectivity index (χ0v) is 20.7. The SMILES string of the molecule is N#CCC1CCN(c2nc(C=N)c(C(N)=O)c(Nc3ccc(CCCN4CCNCC4)cc3)n2)CC1. The van der Waals surface area contributed by atoms with E-state index < -0.39 is 5.91 Å². The number of benzene rings is 1.